The van der Waals surface area contributed by atoms with E-state index < -0.39 is 0 Å². The topological polar surface area (TPSA) is 62.4 Å². The van der Waals surface area contributed by atoms with Crippen molar-refractivity contribution < 1.29 is 9.53 Å². The summed E-state index contributed by atoms with van der Waals surface area (Å²) in [4.78, 5) is 12.0. The molecular formula is C22H23N3O2. The van der Waals surface area contributed by atoms with Gasteiger partial charge in [0.1, 0.15) is 5.75 Å². The van der Waals surface area contributed by atoms with Crippen LogP contribution in [0.15, 0.2) is 78.9 Å². The van der Waals surface area contributed by atoms with Gasteiger partial charge in [-0.2, -0.15) is 0 Å². The summed E-state index contributed by atoms with van der Waals surface area (Å²) in [6.45, 7) is 0.561. The predicted molar refractivity (Wildman–Crippen MR) is 110 cm³/mol. The fourth-order valence-corrected chi connectivity index (χ4v) is 2.61. The number of anilines is 3. The summed E-state index contributed by atoms with van der Waals surface area (Å²) in [6.07, 6.45) is 0.761. The number of nitrogens with one attached hydrogen (secondary N) is 3. The summed E-state index contributed by atoms with van der Waals surface area (Å²) in [6, 6.07) is 25.2. The molecule has 5 nitrogen and oxygen atoms in total. The van der Waals surface area contributed by atoms with Crippen LogP contribution in [0.2, 0.25) is 0 Å². The predicted octanol–water partition coefficient (Wildman–Crippen LogP) is 4.80. The van der Waals surface area contributed by atoms with Crippen molar-refractivity contribution in [2.75, 3.05) is 24.3 Å². The van der Waals surface area contributed by atoms with Crippen LogP contribution in [-0.4, -0.2) is 19.7 Å². The number of carbonyl (C=O) groups excluding carboxylic acids is 1. The van der Waals surface area contributed by atoms with Gasteiger partial charge in [-0.1, -0.05) is 30.3 Å². The van der Waals surface area contributed by atoms with E-state index in [2.05, 4.69) is 16.0 Å². The maximum atomic E-state index is 12.0. The summed E-state index contributed by atoms with van der Waals surface area (Å²) in [7, 11) is 1.64. The smallest absolute Gasteiger partial charge is 0.319 e. The minimum absolute atomic E-state index is 0.215. The van der Waals surface area contributed by atoms with Gasteiger partial charge in [-0.05, 0) is 60.5 Å². The summed E-state index contributed by atoms with van der Waals surface area (Å²) in [5.74, 6) is 0.828. The van der Waals surface area contributed by atoms with Gasteiger partial charge in [-0.3, -0.25) is 0 Å². The van der Waals surface area contributed by atoms with Crippen molar-refractivity contribution in [2.24, 2.45) is 0 Å². The second kappa shape index (κ2) is 9.29. The molecule has 0 aliphatic heterocycles. The number of carbonyl (C=O) groups is 1. The van der Waals surface area contributed by atoms with Gasteiger partial charge >= 0.3 is 6.03 Å². The van der Waals surface area contributed by atoms with Gasteiger partial charge in [0.05, 0.1) is 7.11 Å². The van der Waals surface area contributed by atoms with Crippen molar-refractivity contribution in [2.45, 2.75) is 6.42 Å². The van der Waals surface area contributed by atoms with E-state index in [-0.39, 0.29) is 6.03 Å². The molecule has 0 heterocycles. The van der Waals surface area contributed by atoms with Crippen LogP contribution in [-0.2, 0) is 6.42 Å². The highest BCUT2D eigenvalue weighted by Gasteiger charge is 2.02. The van der Waals surface area contributed by atoms with E-state index in [0.717, 1.165) is 34.8 Å². The highest BCUT2D eigenvalue weighted by molar-refractivity contribution is 5.89. The number of hydrogen-bond acceptors (Lipinski definition) is 3. The van der Waals surface area contributed by atoms with Crippen LogP contribution < -0.4 is 20.7 Å². The number of benzene rings is 3. The summed E-state index contributed by atoms with van der Waals surface area (Å²) < 4.78 is 5.14. The van der Waals surface area contributed by atoms with Crippen molar-refractivity contribution in [1.29, 1.82) is 0 Å². The molecule has 0 aromatic heterocycles. The molecule has 0 radical (unpaired) electrons. The largest absolute Gasteiger partial charge is 0.497 e. The minimum atomic E-state index is -0.215. The lowest BCUT2D eigenvalue weighted by atomic mass is 10.1. The van der Waals surface area contributed by atoms with Crippen molar-refractivity contribution in [3.8, 4) is 5.75 Å². The number of hydrogen-bond donors (Lipinski definition) is 3. The lowest BCUT2D eigenvalue weighted by molar-refractivity contribution is 0.252. The second-order valence-corrected chi connectivity index (χ2v) is 6.05. The molecule has 5 heteroatoms. The maximum Gasteiger partial charge on any atom is 0.319 e. The van der Waals surface area contributed by atoms with Crippen LogP contribution in [0.1, 0.15) is 5.56 Å². The van der Waals surface area contributed by atoms with E-state index in [1.54, 1.807) is 7.11 Å². The maximum absolute atomic E-state index is 12.0. The summed E-state index contributed by atoms with van der Waals surface area (Å²) in [5, 5.41) is 9.01. The first-order chi connectivity index (χ1) is 13.2. The van der Waals surface area contributed by atoms with Gasteiger partial charge in [0.25, 0.3) is 0 Å². The third-order valence-corrected chi connectivity index (χ3v) is 4.06. The second-order valence-electron chi connectivity index (χ2n) is 6.05. The Morgan fingerprint density at radius 2 is 1.44 bits per heavy atom. The zero-order chi connectivity index (χ0) is 18.9. The molecule has 3 rings (SSSR count). The van der Waals surface area contributed by atoms with E-state index in [9.17, 15) is 4.79 Å². The molecule has 0 bridgehead atoms. The molecule has 0 saturated heterocycles. The van der Waals surface area contributed by atoms with Crippen LogP contribution in [0.5, 0.6) is 5.75 Å². The van der Waals surface area contributed by atoms with Crippen LogP contribution in [0.25, 0.3) is 0 Å². The zero-order valence-corrected chi connectivity index (χ0v) is 15.2. The number of amides is 2. The van der Waals surface area contributed by atoms with Gasteiger partial charge in [0, 0.05) is 23.6 Å². The normalized spacial score (nSPS) is 10.1. The van der Waals surface area contributed by atoms with Gasteiger partial charge in [-0.25, -0.2) is 4.79 Å². The molecule has 0 aliphatic carbocycles. The van der Waals surface area contributed by atoms with E-state index >= 15 is 0 Å². The fraction of sp³-hybridized carbons (Fsp3) is 0.136. The van der Waals surface area contributed by atoms with E-state index in [4.69, 9.17) is 4.74 Å². The minimum Gasteiger partial charge on any atom is -0.497 e. The monoisotopic (exact) mass is 361 g/mol. The Labute approximate surface area is 159 Å². The Hall–Kier alpha value is -3.47. The number of urea groups is 1. The van der Waals surface area contributed by atoms with E-state index in [0.29, 0.717) is 6.54 Å². The third kappa shape index (κ3) is 5.78. The Balaban J connectivity index is 1.43. The molecule has 0 fully saturated rings. The van der Waals surface area contributed by atoms with Crippen LogP contribution in [0.4, 0.5) is 21.9 Å². The van der Waals surface area contributed by atoms with Gasteiger partial charge in [0.2, 0.25) is 0 Å². The van der Waals surface area contributed by atoms with Gasteiger partial charge in [-0.15, -0.1) is 0 Å². The highest BCUT2D eigenvalue weighted by Crippen LogP contribution is 2.18. The lowest BCUT2D eigenvalue weighted by Crippen LogP contribution is -2.30. The Bertz CT molecular complexity index is 847. The molecule has 3 aromatic rings. The van der Waals surface area contributed by atoms with Crippen molar-refractivity contribution >= 4 is 23.1 Å². The summed E-state index contributed by atoms with van der Waals surface area (Å²) in [5.41, 5.74) is 3.88. The standard InChI is InChI=1S/C22H23N3O2/c1-27-21-13-7-17(8-14-21)15-16-23-22(26)25-20-11-9-19(10-12-20)24-18-5-3-2-4-6-18/h2-14,24H,15-16H2,1H3,(H2,23,25,26). The molecular weight excluding hydrogens is 338 g/mol. The average molecular weight is 361 g/mol. The fourth-order valence-electron chi connectivity index (χ4n) is 2.61. The zero-order valence-electron chi connectivity index (χ0n) is 15.2. The Morgan fingerprint density at radius 1 is 0.815 bits per heavy atom. The van der Waals surface area contributed by atoms with E-state index in [1.807, 2.05) is 78.9 Å². The lowest BCUT2D eigenvalue weighted by Gasteiger charge is -2.10. The Morgan fingerprint density at radius 3 is 2.11 bits per heavy atom. The first-order valence-electron chi connectivity index (χ1n) is 8.83. The average Bonchev–Trinajstić information content (AvgIpc) is 2.71. The first-order valence-corrected chi connectivity index (χ1v) is 8.83. The van der Waals surface area contributed by atoms with Crippen LogP contribution >= 0.6 is 0 Å². The molecule has 0 aliphatic rings. The number of rotatable bonds is 7. The molecule has 3 aromatic carbocycles. The Kier molecular flexibility index (Phi) is 6.30. The van der Waals surface area contributed by atoms with Crippen LogP contribution in [0.3, 0.4) is 0 Å². The molecule has 3 N–H and O–H groups in total. The number of methoxy groups -OCH3 is 1. The molecule has 27 heavy (non-hydrogen) atoms. The van der Waals surface area contributed by atoms with Gasteiger partial charge in [0.15, 0.2) is 0 Å². The molecule has 0 atom stereocenters. The van der Waals surface area contributed by atoms with Crippen molar-refractivity contribution in [3.05, 3.63) is 84.4 Å². The third-order valence-electron chi connectivity index (χ3n) is 4.06. The first kappa shape index (κ1) is 18.3. The molecule has 0 saturated carbocycles. The highest BCUT2D eigenvalue weighted by atomic mass is 16.5. The molecule has 138 valence electrons. The van der Waals surface area contributed by atoms with Gasteiger partial charge < -0.3 is 20.7 Å². The van der Waals surface area contributed by atoms with Crippen LogP contribution in [0, 0.1) is 0 Å². The van der Waals surface area contributed by atoms with Crippen molar-refractivity contribution in [1.82, 2.24) is 5.32 Å². The molecule has 0 spiro atoms. The van der Waals surface area contributed by atoms with E-state index in [1.165, 1.54) is 0 Å². The SMILES string of the molecule is COc1ccc(CCNC(=O)Nc2ccc(Nc3ccccc3)cc2)cc1. The number of ether oxygens (including phenoxy) is 1. The molecule has 2 amide bonds. The number of para-hydroxylation sites is 1. The quantitative estimate of drug-likeness (QED) is 0.566. The summed E-state index contributed by atoms with van der Waals surface area (Å²) >= 11 is 0. The van der Waals surface area contributed by atoms with Crippen molar-refractivity contribution in [3.63, 3.8) is 0 Å². The molecule has 0 unspecified atom stereocenters.